The van der Waals surface area contributed by atoms with E-state index in [0.29, 0.717) is 27.0 Å². The van der Waals surface area contributed by atoms with E-state index < -0.39 is 0 Å². The molecule has 0 spiro atoms. The number of fused-ring (bicyclic) bond motifs is 1. The Labute approximate surface area is 131 Å². The van der Waals surface area contributed by atoms with Crippen LogP contribution in [0.1, 0.15) is 5.69 Å². The van der Waals surface area contributed by atoms with E-state index in [1.54, 1.807) is 29.5 Å². The van der Waals surface area contributed by atoms with Gasteiger partial charge in [0, 0.05) is 23.0 Å². The Morgan fingerprint density at radius 2 is 2.16 bits per heavy atom. The fourth-order valence-corrected chi connectivity index (χ4v) is 3.19. The molecule has 3 aromatic rings. The van der Waals surface area contributed by atoms with Gasteiger partial charge in [-0.15, -0.1) is 11.3 Å². The molecule has 0 aliphatic carbocycles. The van der Waals surface area contributed by atoms with Crippen LogP contribution in [0.2, 0.25) is 10.0 Å². The maximum Gasteiger partial charge on any atom is 0.243 e. The zero-order valence-electron chi connectivity index (χ0n) is 9.44. The van der Waals surface area contributed by atoms with Crippen molar-refractivity contribution in [3.8, 4) is 11.6 Å². The van der Waals surface area contributed by atoms with Gasteiger partial charge in [-0.1, -0.05) is 39.1 Å². The van der Waals surface area contributed by atoms with Gasteiger partial charge in [0.2, 0.25) is 5.88 Å². The van der Waals surface area contributed by atoms with Crippen molar-refractivity contribution in [3.05, 3.63) is 45.5 Å². The first-order valence-corrected chi connectivity index (χ1v) is 8.08. The lowest BCUT2D eigenvalue weighted by Crippen LogP contribution is -1.90. The highest BCUT2D eigenvalue weighted by Gasteiger charge is 2.14. The molecule has 7 heteroatoms. The molecule has 2 heterocycles. The predicted octanol–water partition coefficient (Wildman–Crippen LogP) is 5.39. The van der Waals surface area contributed by atoms with Gasteiger partial charge in [0.15, 0.2) is 4.96 Å². The molecule has 0 atom stereocenters. The number of halogens is 3. The summed E-state index contributed by atoms with van der Waals surface area (Å²) in [4.78, 5) is 5.34. The summed E-state index contributed by atoms with van der Waals surface area (Å²) < 4.78 is 7.77. The standard InChI is InChI=1S/C12H7BrCl2N2OS/c13-6-10-11(16-12-17(10)3-4-19-12)18-7-1-2-8(14)9(15)5-7/h1-5H,6H2. The summed E-state index contributed by atoms with van der Waals surface area (Å²) in [5, 5.41) is 3.60. The van der Waals surface area contributed by atoms with Crippen molar-refractivity contribution in [2.75, 3.05) is 0 Å². The number of hydrogen-bond acceptors (Lipinski definition) is 3. The number of alkyl halides is 1. The van der Waals surface area contributed by atoms with Crippen molar-refractivity contribution in [3.63, 3.8) is 0 Å². The monoisotopic (exact) mass is 376 g/mol. The molecule has 3 rings (SSSR count). The quantitative estimate of drug-likeness (QED) is 0.572. The van der Waals surface area contributed by atoms with E-state index in [-0.39, 0.29) is 0 Å². The molecule has 98 valence electrons. The highest BCUT2D eigenvalue weighted by molar-refractivity contribution is 9.08. The number of imidazole rings is 1. The maximum absolute atomic E-state index is 5.97. The van der Waals surface area contributed by atoms with E-state index in [9.17, 15) is 0 Å². The van der Waals surface area contributed by atoms with Crippen LogP contribution in [0.3, 0.4) is 0 Å². The molecule has 0 saturated heterocycles. The van der Waals surface area contributed by atoms with Crippen LogP contribution in [0, 0.1) is 0 Å². The molecule has 0 radical (unpaired) electrons. The first-order valence-electron chi connectivity index (χ1n) is 5.32. The molecule has 2 aromatic heterocycles. The van der Waals surface area contributed by atoms with Gasteiger partial charge in [0.1, 0.15) is 5.75 Å². The lowest BCUT2D eigenvalue weighted by molar-refractivity contribution is 0.462. The molecule has 0 unspecified atom stereocenters. The number of ether oxygens (including phenoxy) is 1. The summed E-state index contributed by atoms with van der Waals surface area (Å²) in [6.45, 7) is 0. The van der Waals surface area contributed by atoms with Crippen LogP contribution in [0.4, 0.5) is 0 Å². The van der Waals surface area contributed by atoms with Crippen LogP contribution in [-0.4, -0.2) is 9.38 Å². The molecule has 0 fully saturated rings. The lowest BCUT2D eigenvalue weighted by Gasteiger charge is -2.05. The van der Waals surface area contributed by atoms with Crippen LogP contribution in [0.15, 0.2) is 29.8 Å². The van der Waals surface area contributed by atoms with Crippen LogP contribution in [0.5, 0.6) is 11.6 Å². The van der Waals surface area contributed by atoms with Crippen LogP contribution < -0.4 is 4.74 Å². The Balaban J connectivity index is 2.00. The second-order valence-corrected chi connectivity index (χ2v) is 5.98. The third kappa shape index (κ3) is 2.48. The minimum Gasteiger partial charge on any atom is -0.437 e. The Morgan fingerprint density at radius 3 is 2.89 bits per heavy atom. The summed E-state index contributed by atoms with van der Waals surface area (Å²) in [6.07, 6.45) is 1.96. The average Bonchev–Trinajstić information content (AvgIpc) is 2.94. The van der Waals surface area contributed by atoms with Crippen molar-refractivity contribution in [2.24, 2.45) is 0 Å². The predicted molar refractivity (Wildman–Crippen MR) is 82.2 cm³/mol. The molecule has 0 N–H and O–H groups in total. The third-order valence-corrected chi connectivity index (χ3v) is 4.58. The minimum absolute atomic E-state index is 0.459. The van der Waals surface area contributed by atoms with Crippen LogP contribution in [0.25, 0.3) is 4.96 Å². The largest absolute Gasteiger partial charge is 0.437 e. The van der Waals surface area contributed by atoms with Gasteiger partial charge in [0.05, 0.1) is 15.7 Å². The van der Waals surface area contributed by atoms with Gasteiger partial charge in [-0.25, -0.2) is 0 Å². The van der Waals surface area contributed by atoms with E-state index in [1.807, 2.05) is 16.0 Å². The summed E-state index contributed by atoms with van der Waals surface area (Å²) in [7, 11) is 0. The zero-order valence-corrected chi connectivity index (χ0v) is 13.4. The molecule has 3 nitrogen and oxygen atoms in total. The number of hydrogen-bond donors (Lipinski definition) is 0. The van der Waals surface area contributed by atoms with Crippen molar-refractivity contribution in [1.82, 2.24) is 9.38 Å². The van der Waals surface area contributed by atoms with E-state index in [1.165, 1.54) is 0 Å². The molecular formula is C12H7BrCl2N2OS. The van der Waals surface area contributed by atoms with Gasteiger partial charge in [0.25, 0.3) is 0 Å². The first kappa shape index (κ1) is 13.2. The average molecular weight is 378 g/mol. The summed E-state index contributed by atoms with van der Waals surface area (Å²) in [5.74, 6) is 1.18. The van der Waals surface area contributed by atoms with Crippen LogP contribution in [-0.2, 0) is 5.33 Å². The van der Waals surface area contributed by atoms with Crippen LogP contribution >= 0.6 is 50.5 Å². The number of thiazole rings is 1. The molecule has 0 amide bonds. The highest BCUT2D eigenvalue weighted by atomic mass is 79.9. The molecule has 0 bridgehead atoms. The number of nitrogens with zero attached hydrogens (tertiary/aromatic N) is 2. The van der Waals surface area contributed by atoms with Crippen molar-refractivity contribution < 1.29 is 4.74 Å². The number of benzene rings is 1. The SMILES string of the molecule is Clc1ccc(Oc2nc3sccn3c2CBr)cc1Cl. The van der Waals surface area contributed by atoms with Crippen molar-refractivity contribution in [1.29, 1.82) is 0 Å². The fourth-order valence-electron chi connectivity index (χ4n) is 1.67. The number of aromatic nitrogens is 2. The normalized spacial score (nSPS) is 11.1. The maximum atomic E-state index is 5.97. The molecular weight excluding hydrogens is 371 g/mol. The van der Waals surface area contributed by atoms with Gasteiger partial charge in [-0.3, -0.25) is 4.40 Å². The summed E-state index contributed by atoms with van der Waals surface area (Å²) in [5.41, 5.74) is 0.960. The Kier molecular flexibility index (Phi) is 3.71. The smallest absolute Gasteiger partial charge is 0.243 e. The second kappa shape index (κ2) is 5.32. The Morgan fingerprint density at radius 1 is 1.32 bits per heavy atom. The van der Waals surface area contributed by atoms with Gasteiger partial charge in [-0.2, -0.15) is 4.98 Å². The summed E-state index contributed by atoms with van der Waals surface area (Å²) in [6, 6.07) is 5.14. The summed E-state index contributed by atoms with van der Waals surface area (Å²) >= 11 is 16.8. The lowest BCUT2D eigenvalue weighted by atomic mass is 10.3. The van der Waals surface area contributed by atoms with Crippen molar-refractivity contribution in [2.45, 2.75) is 5.33 Å². The van der Waals surface area contributed by atoms with E-state index in [2.05, 4.69) is 20.9 Å². The zero-order chi connectivity index (χ0) is 13.4. The molecule has 0 aliphatic heterocycles. The van der Waals surface area contributed by atoms with E-state index in [4.69, 9.17) is 27.9 Å². The third-order valence-electron chi connectivity index (χ3n) is 2.56. The van der Waals surface area contributed by atoms with Crippen molar-refractivity contribution >= 4 is 55.4 Å². The Hall–Kier alpha value is -0.750. The van der Waals surface area contributed by atoms with Gasteiger partial charge < -0.3 is 4.74 Å². The van der Waals surface area contributed by atoms with E-state index >= 15 is 0 Å². The minimum atomic E-state index is 0.459. The number of rotatable bonds is 3. The first-order chi connectivity index (χ1) is 9.19. The highest BCUT2D eigenvalue weighted by Crippen LogP contribution is 2.32. The van der Waals surface area contributed by atoms with E-state index in [0.717, 1.165) is 10.7 Å². The second-order valence-electron chi connectivity index (χ2n) is 3.73. The topological polar surface area (TPSA) is 26.5 Å². The Bertz CT molecular complexity index is 740. The molecule has 0 saturated carbocycles. The van der Waals surface area contributed by atoms with Gasteiger partial charge in [-0.05, 0) is 12.1 Å². The molecule has 1 aromatic carbocycles. The van der Waals surface area contributed by atoms with Gasteiger partial charge >= 0.3 is 0 Å². The molecule has 0 aliphatic rings. The molecule has 19 heavy (non-hydrogen) atoms. The fraction of sp³-hybridized carbons (Fsp3) is 0.0833.